The summed E-state index contributed by atoms with van der Waals surface area (Å²) in [6, 6.07) is 8.74. The Labute approximate surface area is 130 Å². The van der Waals surface area contributed by atoms with Gasteiger partial charge in [0.1, 0.15) is 5.01 Å². The zero-order valence-electron chi connectivity index (χ0n) is 10.7. The number of rotatable bonds is 2. The standard InChI is InChI=1S/C14H15BrN2S2/c1-17-6-7-18-9-13(17)14-16-12(8-19-14)10-4-2-3-5-11(10)15/h2-5,8,13H,6-7,9H2,1H3. The summed E-state index contributed by atoms with van der Waals surface area (Å²) in [5.41, 5.74) is 2.26. The Bertz CT molecular complexity index is 570. The van der Waals surface area contributed by atoms with E-state index in [0.717, 1.165) is 22.5 Å². The van der Waals surface area contributed by atoms with E-state index in [9.17, 15) is 0 Å². The van der Waals surface area contributed by atoms with Gasteiger partial charge in [0, 0.05) is 33.5 Å². The lowest BCUT2D eigenvalue weighted by atomic mass is 10.2. The van der Waals surface area contributed by atoms with Crippen LogP contribution < -0.4 is 0 Å². The van der Waals surface area contributed by atoms with Crippen LogP contribution in [0.5, 0.6) is 0 Å². The Morgan fingerprint density at radius 1 is 1.37 bits per heavy atom. The van der Waals surface area contributed by atoms with Crippen molar-refractivity contribution in [3.05, 3.63) is 39.1 Å². The van der Waals surface area contributed by atoms with E-state index in [1.807, 2.05) is 17.8 Å². The van der Waals surface area contributed by atoms with E-state index in [1.54, 1.807) is 11.3 Å². The van der Waals surface area contributed by atoms with Gasteiger partial charge in [-0.1, -0.05) is 34.1 Å². The third-order valence-corrected chi connectivity index (χ3v) is 6.01. The molecule has 1 atom stereocenters. The summed E-state index contributed by atoms with van der Waals surface area (Å²) in [5.74, 6) is 2.38. The Kier molecular flexibility index (Phi) is 4.27. The molecule has 1 aromatic heterocycles. The fourth-order valence-corrected chi connectivity index (χ4v) is 4.98. The van der Waals surface area contributed by atoms with Gasteiger partial charge in [0.05, 0.1) is 11.7 Å². The molecule has 0 amide bonds. The minimum Gasteiger partial charge on any atom is -0.296 e. The predicted molar refractivity (Wildman–Crippen MR) is 87.9 cm³/mol. The first-order chi connectivity index (χ1) is 9.25. The molecule has 0 bridgehead atoms. The molecule has 1 aliphatic heterocycles. The van der Waals surface area contributed by atoms with Crippen molar-refractivity contribution in [2.24, 2.45) is 0 Å². The molecule has 1 aromatic carbocycles. The zero-order chi connectivity index (χ0) is 13.2. The summed E-state index contributed by atoms with van der Waals surface area (Å²) in [6.45, 7) is 1.15. The Hall–Kier alpha value is -0.360. The van der Waals surface area contributed by atoms with Crippen molar-refractivity contribution in [1.29, 1.82) is 0 Å². The first-order valence-electron chi connectivity index (χ1n) is 6.24. The molecular weight excluding hydrogens is 340 g/mol. The van der Waals surface area contributed by atoms with E-state index in [4.69, 9.17) is 4.98 Å². The minimum atomic E-state index is 0.472. The van der Waals surface area contributed by atoms with Gasteiger partial charge in [-0.05, 0) is 13.1 Å². The van der Waals surface area contributed by atoms with Gasteiger partial charge in [-0.15, -0.1) is 11.3 Å². The highest BCUT2D eigenvalue weighted by Gasteiger charge is 2.24. The predicted octanol–water partition coefficient (Wildman–Crippen LogP) is 4.29. The van der Waals surface area contributed by atoms with Crippen LogP contribution in [0.2, 0.25) is 0 Å². The Morgan fingerprint density at radius 3 is 3.00 bits per heavy atom. The topological polar surface area (TPSA) is 16.1 Å². The number of hydrogen-bond acceptors (Lipinski definition) is 4. The smallest absolute Gasteiger partial charge is 0.111 e. The molecule has 0 spiro atoms. The lowest BCUT2D eigenvalue weighted by Crippen LogP contribution is -2.32. The molecule has 0 saturated carbocycles. The van der Waals surface area contributed by atoms with E-state index in [1.165, 1.54) is 16.3 Å². The number of halogens is 1. The van der Waals surface area contributed by atoms with E-state index in [-0.39, 0.29) is 0 Å². The van der Waals surface area contributed by atoms with Gasteiger partial charge in [-0.3, -0.25) is 4.90 Å². The first-order valence-corrected chi connectivity index (χ1v) is 9.07. The highest BCUT2D eigenvalue weighted by atomic mass is 79.9. The molecule has 19 heavy (non-hydrogen) atoms. The van der Waals surface area contributed by atoms with Crippen LogP contribution in [0, 0.1) is 0 Å². The van der Waals surface area contributed by atoms with Crippen molar-refractivity contribution in [3.8, 4) is 11.3 Å². The number of benzene rings is 1. The van der Waals surface area contributed by atoms with Crippen molar-refractivity contribution in [3.63, 3.8) is 0 Å². The van der Waals surface area contributed by atoms with E-state index < -0.39 is 0 Å². The number of aromatic nitrogens is 1. The molecular formula is C14H15BrN2S2. The quantitative estimate of drug-likeness (QED) is 0.799. The second-order valence-electron chi connectivity index (χ2n) is 4.62. The van der Waals surface area contributed by atoms with Crippen molar-refractivity contribution in [2.75, 3.05) is 25.1 Å². The number of hydrogen-bond donors (Lipinski definition) is 0. The lowest BCUT2D eigenvalue weighted by Gasteiger charge is -2.30. The second kappa shape index (κ2) is 5.95. The molecule has 100 valence electrons. The SMILES string of the molecule is CN1CCSCC1c1nc(-c2ccccc2Br)cs1. The molecule has 0 aliphatic carbocycles. The molecule has 1 aliphatic rings. The lowest BCUT2D eigenvalue weighted by molar-refractivity contribution is 0.274. The highest BCUT2D eigenvalue weighted by Crippen LogP contribution is 2.34. The second-order valence-corrected chi connectivity index (χ2v) is 7.52. The van der Waals surface area contributed by atoms with Gasteiger partial charge >= 0.3 is 0 Å². The maximum absolute atomic E-state index is 4.85. The van der Waals surface area contributed by atoms with Gasteiger partial charge in [0.2, 0.25) is 0 Å². The van der Waals surface area contributed by atoms with Crippen LogP contribution in [0.1, 0.15) is 11.0 Å². The molecule has 1 fully saturated rings. The fraction of sp³-hybridized carbons (Fsp3) is 0.357. The normalized spacial score (nSPS) is 20.6. The fourth-order valence-electron chi connectivity index (χ4n) is 2.18. The van der Waals surface area contributed by atoms with Crippen LogP contribution in [0.3, 0.4) is 0 Å². The van der Waals surface area contributed by atoms with Gasteiger partial charge in [-0.2, -0.15) is 11.8 Å². The first kappa shape index (κ1) is 13.6. The molecule has 0 radical (unpaired) electrons. The molecule has 2 nitrogen and oxygen atoms in total. The minimum absolute atomic E-state index is 0.472. The molecule has 3 rings (SSSR count). The van der Waals surface area contributed by atoms with Crippen LogP contribution in [0.15, 0.2) is 34.1 Å². The molecule has 0 N–H and O–H groups in total. The molecule has 1 unspecified atom stereocenters. The maximum atomic E-state index is 4.85. The van der Waals surface area contributed by atoms with Crippen LogP contribution in [0.25, 0.3) is 11.3 Å². The van der Waals surface area contributed by atoms with Crippen LogP contribution in [-0.2, 0) is 0 Å². The van der Waals surface area contributed by atoms with Crippen molar-refractivity contribution in [1.82, 2.24) is 9.88 Å². The monoisotopic (exact) mass is 354 g/mol. The van der Waals surface area contributed by atoms with Crippen LogP contribution >= 0.6 is 39.0 Å². The maximum Gasteiger partial charge on any atom is 0.111 e. The zero-order valence-corrected chi connectivity index (χ0v) is 13.9. The van der Waals surface area contributed by atoms with Crippen molar-refractivity contribution < 1.29 is 0 Å². The summed E-state index contributed by atoms with van der Waals surface area (Å²) >= 11 is 7.40. The van der Waals surface area contributed by atoms with Gasteiger partial charge in [-0.25, -0.2) is 4.98 Å². The van der Waals surface area contributed by atoms with Crippen molar-refractivity contribution >= 4 is 39.0 Å². The number of thioether (sulfide) groups is 1. The summed E-state index contributed by atoms with van der Waals surface area (Å²) in [6.07, 6.45) is 0. The van der Waals surface area contributed by atoms with Crippen LogP contribution in [0.4, 0.5) is 0 Å². The van der Waals surface area contributed by atoms with Crippen LogP contribution in [-0.4, -0.2) is 35.0 Å². The summed E-state index contributed by atoms with van der Waals surface area (Å²) in [5, 5.41) is 3.41. The van der Waals surface area contributed by atoms with E-state index >= 15 is 0 Å². The van der Waals surface area contributed by atoms with Crippen molar-refractivity contribution in [2.45, 2.75) is 6.04 Å². The van der Waals surface area contributed by atoms with Gasteiger partial charge < -0.3 is 0 Å². The highest BCUT2D eigenvalue weighted by molar-refractivity contribution is 9.10. The third-order valence-electron chi connectivity index (χ3n) is 3.35. The summed E-state index contributed by atoms with van der Waals surface area (Å²) < 4.78 is 1.11. The molecule has 5 heteroatoms. The number of thiazole rings is 1. The van der Waals surface area contributed by atoms with E-state index in [2.05, 4.69) is 51.5 Å². The molecule has 1 saturated heterocycles. The summed E-state index contributed by atoms with van der Waals surface area (Å²) in [4.78, 5) is 7.26. The van der Waals surface area contributed by atoms with E-state index in [0.29, 0.717) is 6.04 Å². The summed E-state index contributed by atoms with van der Waals surface area (Å²) in [7, 11) is 2.20. The molecule has 2 heterocycles. The third kappa shape index (κ3) is 2.89. The van der Waals surface area contributed by atoms with Gasteiger partial charge in [0.25, 0.3) is 0 Å². The van der Waals surface area contributed by atoms with Gasteiger partial charge in [0.15, 0.2) is 0 Å². The Morgan fingerprint density at radius 2 is 2.21 bits per heavy atom. The average molecular weight is 355 g/mol. The largest absolute Gasteiger partial charge is 0.296 e. The average Bonchev–Trinajstić information content (AvgIpc) is 2.89. The number of nitrogens with zero attached hydrogens (tertiary/aromatic N) is 2. The molecule has 2 aromatic rings. The Balaban J connectivity index is 1.89.